The van der Waals surface area contributed by atoms with Gasteiger partial charge in [0.05, 0.1) is 5.02 Å². The molecule has 15 heavy (non-hydrogen) atoms. The van der Waals surface area contributed by atoms with Gasteiger partial charge in [0, 0.05) is 22.0 Å². The zero-order valence-electron chi connectivity index (χ0n) is 8.06. The van der Waals surface area contributed by atoms with Gasteiger partial charge in [-0.1, -0.05) is 11.6 Å². The molecule has 0 aromatic heterocycles. The van der Waals surface area contributed by atoms with E-state index in [-0.39, 0.29) is 11.3 Å². The van der Waals surface area contributed by atoms with E-state index < -0.39 is 0 Å². The molecule has 1 aromatic carbocycles. The minimum absolute atomic E-state index is 0.0835. The third-order valence-electron chi connectivity index (χ3n) is 1.73. The molecule has 0 heterocycles. The van der Waals surface area contributed by atoms with E-state index in [2.05, 4.69) is 21.2 Å². The smallest absolute Gasteiger partial charge is 0.251 e. The van der Waals surface area contributed by atoms with Crippen molar-refractivity contribution in [2.75, 3.05) is 6.54 Å². The third-order valence-corrected chi connectivity index (χ3v) is 3.11. The van der Waals surface area contributed by atoms with E-state index in [9.17, 15) is 4.79 Å². The monoisotopic (exact) mass is 309 g/mol. The molecule has 1 aromatic rings. The van der Waals surface area contributed by atoms with Crippen molar-refractivity contribution in [2.45, 2.75) is 12.3 Å². The molecule has 5 heteroatoms. The summed E-state index contributed by atoms with van der Waals surface area (Å²) in [6.45, 7) is 2.25. The van der Waals surface area contributed by atoms with Crippen LogP contribution >= 0.6 is 39.1 Å². The Morgan fingerprint density at radius 2 is 2.27 bits per heavy atom. The molecule has 1 rings (SSSR count). The second-order valence-electron chi connectivity index (χ2n) is 3.12. The maximum Gasteiger partial charge on any atom is 0.251 e. The first-order chi connectivity index (χ1) is 7.00. The van der Waals surface area contributed by atoms with E-state index in [0.717, 1.165) is 4.47 Å². The summed E-state index contributed by atoms with van der Waals surface area (Å²) in [5, 5.41) is 3.13. The van der Waals surface area contributed by atoms with Gasteiger partial charge in [-0.3, -0.25) is 4.79 Å². The van der Waals surface area contributed by atoms with Crippen LogP contribution in [0.4, 0.5) is 0 Å². The van der Waals surface area contributed by atoms with Crippen molar-refractivity contribution in [2.24, 2.45) is 0 Å². The van der Waals surface area contributed by atoms with E-state index in [1.165, 1.54) is 0 Å². The van der Waals surface area contributed by atoms with Crippen molar-refractivity contribution >= 4 is 45.0 Å². The third kappa shape index (κ3) is 4.01. The molecule has 1 N–H and O–H groups in total. The molecule has 1 amide bonds. The van der Waals surface area contributed by atoms with Gasteiger partial charge in [0.1, 0.15) is 0 Å². The largest absolute Gasteiger partial charge is 0.351 e. The number of halogens is 3. The average molecular weight is 311 g/mol. The molecule has 0 bridgehead atoms. The Morgan fingerprint density at radius 1 is 1.60 bits per heavy atom. The fraction of sp³-hybridized carbons (Fsp3) is 0.300. The van der Waals surface area contributed by atoms with Crippen molar-refractivity contribution in [1.82, 2.24) is 5.32 Å². The van der Waals surface area contributed by atoms with Gasteiger partial charge >= 0.3 is 0 Å². The molecule has 2 nitrogen and oxygen atoms in total. The number of carbonyl (C=O) groups is 1. The van der Waals surface area contributed by atoms with Crippen LogP contribution in [0.1, 0.15) is 17.3 Å². The van der Waals surface area contributed by atoms with Gasteiger partial charge in [0.2, 0.25) is 0 Å². The van der Waals surface area contributed by atoms with E-state index >= 15 is 0 Å². The molecule has 0 spiro atoms. The molecule has 1 atom stereocenters. The first kappa shape index (κ1) is 12.8. The summed E-state index contributed by atoms with van der Waals surface area (Å²) in [4.78, 5) is 11.6. The van der Waals surface area contributed by atoms with Gasteiger partial charge in [0.25, 0.3) is 5.91 Å². The predicted octanol–water partition coefficient (Wildman–Crippen LogP) is 3.46. The predicted molar refractivity (Wildman–Crippen MR) is 66.8 cm³/mol. The first-order valence-corrected chi connectivity index (χ1v) is 5.98. The average Bonchev–Trinajstić information content (AvgIpc) is 2.18. The SMILES string of the molecule is CC(Cl)CNC(=O)c1ccc(Br)c(Cl)c1. The van der Waals surface area contributed by atoms with Crippen molar-refractivity contribution in [3.05, 3.63) is 33.3 Å². The highest BCUT2D eigenvalue weighted by atomic mass is 79.9. The lowest BCUT2D eigenvalue weighted by atomic mass is 10.2. The summed E-state index contributed by atoms with van der Waals surface area (Å²) in [6.07, 6.45) is 0. The molecule has 1 unspecified atom stereocenters. The Labute approximate surface area is 107 Å². The second-order valence-corrected chi connectivity index (χ2v) is 5.13. The number of benzene rings is 1. The quantitative estimate of drug-likeness (QED) is 0.851. The molecule has 0 saturated heterocycles. The van der Waals surface area contributed by atoms with E-state index in [0.29, 0.717) is 17.1 Å². The summed E-state index contributed by atoms with van der Waals surface area (Å²) in [7, 11) is 0. The van der Waals surface area contributed by atoms with E-state index in [1.807, 2.05) is 6.92 Å². The van der Waals surface area contributed by atoms with Gasteiger partial charge in [-0.2, -0.15) is 0 Å². The summed E-state index contributed by atoms with van der Waals surface area (Å²) in [5.74, 6) is -0.170. The fourth-order valence-corrected chi connectivity index (χ4v) is 1.48. The highest BCUT2D eigenvalue weighted by molar-refractivity contribution is 9.10. The second kappa shape index (κ2) is 5.73. The molecule has 0 aliphatic heterocycles. The van der Waals surface area contributed by atoms with E-state index in [4.69, 9.17) is 23.2 Å². The van der Waals surface area contributed by atoms with Crippen LogP contribution in [0, 0.1) is 0 Å². The molecular formula is C10H10BrCl2NO. The highest BCUT2D eigenvalue weighted by Gasteiger charge is 2.08. The van der Waals surface area contributed by atoms with Crippen LogP contribution in [0.15, 0.2) is 22.7 Å². The lowest BCUT2D eigenvalue weighted by molar-refractivity contribution is 0.0954. The summed E-state index contributed by atoms with van der Waals surface area (Å²) >= 11 is 14.8. The van der Waals surface area contributed by atoms with Crippen molar-refractivity contribution < 1.29 is 4.79 Å². The maximum absolute atomic E-state index is 11.6. The minimum Gasteiger partial charge on any atom is -0.351 e. The Balaban J connectivity index is 2.70. The van der Waals surface area contributed by atoms with Crippen molar-refractivity contribution in [1.29, 1.82) is 0 Å². The van der Waals surface area contributed by atoms with Gasteiger partial charge in [-0.25, -0.2) is 0 Å². The topological polar surface area (TPSA) is 29.1 Å². The summed E-state index contributed by atoms with van der Waals surface area (Å²) < 4.78 is 0.770. The Bertz CT molecular complexity index is 368. The Kier molecular flexibility index (Phi) is 4.90. The normalized spacial score (nSPS) is 12.3. The molecule has 0 fully saturated rings. The number of nitrogens with one attached hydrogen (secondary N) is 1. The van der Waals surface area contributed by atoms with Crippen LogP contribution in [-0.2, 0) is 0 Å². The lowest BCUT2D eigenvalue weighted by Gasteiger charge is -2.07. The molecular weight excluding hydrogens is 301 g/mol. The number of hydrogen-bond donors (Lipinski definition) is 1. The van der Waals surface area contributed by atoms with Gasteiger partial charge in [-0.15, -0.1) is 11.6 Å². The number of rotatable bonds is 3. The maximum atomic E-state index is 11.6. The minimum atomic E-state index is -0.170. The van der Waals surface area contributed by atoms with Crippen LogP contribution in [0.5, 0.6) is 0 Å². The van der Waals surface area contributed by atoms with Gasteiger partial charge < -0.3 is 5.32 Å². The zero-order chi connectivity index (χ0) is 11.4. The number of alkyl halides is 1. The zero-order valence-corrected chi connectivity index (χ0v) is 11.2. The highest BCUT2D eigenvalue weighted by Crippen LogP contribution is 2.23. The first-order valence-electron chi connectivity index (χ1n) is 4.38. The standard InChI is InChI=1S/C10H10BrCl2NO/c1-6(12)5-14-10(15)7-2-3-8(11)9(13)4-7/h2-4,6H,5H2,1H3,(H,14,15). The number of hydrogen-bond acceptors (Lipinski definition) is 1. The van der Waals surface area contributed by atoms with Gasteiger partial charge in [0.15, 0.2) is 0 Å². The lowest BCUT2D eigenvalue weighted by Crippen LogP contribution is -2.28. The van der Waals surface area contributed by atoms with Crippen LogP contribution in [0.3, 0.4) is 0 Å². The Morgan fingerprint density at radius 3 is 2.80 bits per heavy atom. The van der Waals surface area contributed by atoms with Crippen LogP contribution in [0.25, 0.3) is 0 Å². The van der Waals surface area contributed by atoms with Gasteiger partial charge in [-0.05, 0) is 41.1 Å². The number of amides is 1. The van der Waals surface area contributed by atoms with Crippen LogP contribution in [0.2, 0.25) is 5.02 Å². The molecule has 82 valence electrons. The molecule has 0 aliphatic carbocycles. The van der Waals surface area contributed by atoms with Crippen molar-refractivity contribution in [3.63, 3.8) is 0 Å². The molecule has 0 aliphatic rings. The summed E-state index contributed by atoms with van der Waals surface area (Å²) in [6, 6.07) is 5.05. The van der Waals surface area contributed by atoms with Crippen LogP contribution < -0.4 is 5.32 Å². The van der Waals surface area contributed by atoms with Crippen molar-refractivity contribution in [3.8, 4) is 0 Å². The fourth-order valence-electron chi connectivity index (χ4n) is 0.973. The summed E-state index contributed by atoms with van der Waals surface area (Å²) in [5.41, 5.74) is 0.528. The molecule has 0 radical (unpaired) electrons. The molecule has 0 saturated carbocycles. The number of carbonyl (C=O) groups excluding carboxylic acids is 1. The van der Waals surface area contributed by atoms with Crippen LogP contribution in [-0.4, -0.2) is 17.8 Å². The van der Waals surface area contributed by atoms with E-state index in [1.54, 1.807) is 18.2 Å². The Hall–Kier alpha value is -0.250.